The summed E-state index contributed by atoms with van der Waals surface area (Å²) in [6.45, 7) is 0. The zero-order valence-electron chi connectivity index (χ0n) is 25.6. The highest BCUT2D eigenvalue weighted by molar-refractivity contribution is 7.26. The van der Waals surface area contributed by atoms with Gasteiger partial charge in [-0.25, -0.2) is 0 Å². The Morgan fingerprint density at radius 1 is 0.277 bits per heavy atom. The van der Waals surface area contributed by atoms with Gasteiger partial charge in [0.15, 0.2) is 0 Å². The summed E-state index contributed by atoms with van der Waals surface area (Å²) in [6.07, 6.45) is 0. The second-order valence-electron chi connectivity index (χ2n) is 12.5. The average Bonchev–Trinajstić information content (AvgIpc) is 3.52. The Bertz CT molecular complexity index is 2800. The lowest BCUT2D eigenvalue weighted by Crippen LogP contribution is -1.91. The van der Waals surface area contributed by atoms with E-state index in [4.69, 9.17) is 0 Å². The van der Waals surface area contributed by atoms with Gasteiger partial charge in [0.05, 0.1) is 0 Å². The Morgan fingerprint density at radius 3 is 1.51 bits per heavy atom. The normalized spacial score (nSPS) is 11.8. The molecular weight excluding hydrogens is 585 g/mol. The fourth-order valence-electron chi connectivity index (χ4n) is 7.68. The summed E-state index contributed by atoms with van der Waals surface area (Å²) in [5, 5.41) is 12.9. The predicted octanol–water partition coefficient (Wildman–Crippen LogP) is 13.7. The molecule has 0 amide bonds. The first-order valence-corrected chi connectivity index (χ1v) is 17.0. The van der Waals surface area contributed by atoms with Crippen molar-refractivity contribution in [2.75, 3.05) is 0 Å². The minimum atomic E-state index is 1.23. The van der Waals surface area contributed by atoms with E-state index in [1.807, 2.05) is 11.3 Å². The van der Waals surface area contributed by atoms with Crippen LogP contribution in [0.3, 0.4) is 0 Å². The minimum absolute atomic E-state index is 1.23. The van der Waals surface area contributed by atoms with E-state index in [-0.39, 0.29) is 0 Å². The largest absolute Gasteiger partial charge is 0.135 e. The van der Waals surface area contributed by atoms with Crippen molar-refractivity contribution in [1.29, 1.82) is 0 Å². The maximum Gasteiger partial charge on any atom is 0.0361 e. The molecule has 0 aliphatic carbocycles. The van der Waals surface area contributed by atoms with Gasteiger partial charge < -0.3 is 0 Å². The summed E-state index contributed by atoms with van der Waals surface area (Å²) in [7, 11) is 0. The Morgan fingerprint density at radius 2 is 0.787 bits per heavy atom. The average molecular weight is 613 g/mol. The summed E-state index contributed by atoms with van der Waals surface area (Å²) < 4.78 is 2.67. The number of fused-ring (bicyclic) bond motifs is 8. The minimum Gasteiger partial charge on any atom is -0.135 e. The third-order valence-electron chi connectivity index (χ3n) is 9.81. The molecule has 9 aromatic carbocycles. The van der Waals surface area contributed by atoms with E-state index >= 15 is 0 Å². The number of hydrogen-bond acceptors (Lipinski definition) is 1. The van der Waals surface area contributed by atoms with E-state index in [2.05, 4.69) is 170 Å². The molecule has 0 unspecified atom stereocenters. The molecule has 1 aromatic heterocycles. The summed E-state index contributed by atoms with van der Waals surface area (Å²) in [4.78, 5) is 0. The van der Waals surface area contributed by atoms with E-state index in [0.29, 0.717) is 0 Å². The van der Waals surface area contributed by atoms with E-state index < -0.39 is 0 Å². The fourth-order valence-corrected chi connectivity index (χ4v) is 8.78. The lowest BCUT2D eigenvalue weighted by molar-refractivity contribution is 1.63. The third-order valence-corrected chi connectivity index (χ3v) is 10.9. The van der Waals surface area contributed by atoms with Gasteiger partial charge in [-0.1, -0.05) is 140 Å². The van der Waals surface area contributed by atoms with Crippen LogP contribution in [-0.4, -0.2) is 0 Å². The first-order valence-electron chi connectivity index (χ1n) is 16.2. The maximum atomic E-state index is 2.40. The molecule has 218 valence electrons. The molecule has 10 aromatic rings. The van der Waals surface area contributed by atoms with Gasteiger partial charge in [0.1, 0.15) is 0 Å². The second-order valence-corrected chi connectivity index (χ2v) is 13.5. The van der Waals surface area contributed by atoms with Gasteiger partial charge in [0, 0.05) is 20.2 Å². The lowest BCUT2D eigenvalue weighted by atomic mass is 9.85. The predicted molar refractivity (Wildman–Crippen MR) is 206 cm³/mol. The second kappa shape index (κ2) is 10.4. The summed E-state index contributed by atoms with van der Waals surface area (Å²) in [6, 6.07) is 62.8. The van der Waals surface area contributed by atoms with Gasteiger partial charge in [0.25, 0.3) is 0 Å². The van der Waals surface area contributed by atoms with Crippen LogP contribution >= 0.6 is 11.3 Å². The quantitative estimate of drug-likeness (QED) is 0.174. The molecule has 0 bridgehead atoms. The van der Waals surface area contributed by atoms with Gasteiger partial charge >= 0.3 is 0 Å². The number of benzene rings is 9. The monoisotopic (exact) mass is 612 g/mol. The first-order chi connectivity index (χ1) is 23.3. The molecule has 0 atom stereocenters. The van der Waals surface area contributed by atoms with Crippen molar-refractivity contribution < 1.29 is 0 Å². The van der Waals surface area contributed by atoms with Gasteiger partial charge in [0.2, 0.25) is 0 Å². The molecule has 0 radical (unpaired) electrons. The van der Waals surface area contributed by atoms with Crippen molar-refractivity contribution in [3.05, 3.63) is 170 Å². The van der Waals surface area contributed by atoms with Crippen LogP contribution in [-0.2, 0) is 0 Å². The standard InChI is InChI=1S/C46H28S/c1-2-12-31-26-35(21-20-29(31)10-1)45-39-18-7-5-16-37(39)44(38-17-6-8-19-40(38)45)34-14-9-13-32(27-34)33-23-24-42-41(28-33)46-36-15-4-3-11-30(36)22-25-43(46)47-42/h1-28H. The zero-order valence-corrected chi connectivity index (χ0v) is 26.4. The molecule has 0 spiro atoms. The van der Waals surface area contributed by atoms with E-state index in [9.17, 15) is 0 Å². The molecule has 0 aliphatic rings. The van der Waals surface area contributed by atoms with Crippen LogP contribution in [0.5, 0.6) is 0 Å². The van der Waals surface area contributed by atoms with Gasteiger partial charge in [-0.05, 0) is 107 Å². The molecule has 0 saturated heterocycles. The van der Waals surface area contributed by atoms with Crippen molar-refractivity contribution in [3.8, 4) is 33.4 Å². The van der Waals surface area contributed by atoms with Crippen LogP contribution in [0.4, 0.5) is 0 Å². The Labute approximate surface area is 276 Å². The molecule has 1 heteroatoms. The molecule has 0 nitrogen and oxygen atoms in total. The Hall–Kier alpha value is -5.76. The number of thiophene rings is 1. The van der Waals surface area contributed by atoms with Gasteiger partial charge in [-0.15, -0.1) is 11.3 Å². The van der Waals surface area contributed by atoms with Gasteiger partial charge in [-0.2, -0.15) is 0 Å². The van der Waals surface area contributed by atoms with E-state index in [0.717, 1.165) is 0 Å². The highest BCUT2D eigenvalue weighted by Gasteiger charge is 2.17. The molecule has 0 N–H and O–H groups in total. The topological polar surface area (TPSA) is 0 Å². The smallest absolute Gasteiger partial charge is 0.0361 e. The Kier molecular flexibility index (Phi) is 5.85. The van der Waals surface area contributed by atoms with Crippen LogP contribution in [0.1, 0.15) is 0 Å². The van der Waals surface area contributed by atoms with Crippen LogP contribution in [0.2, 0.25) is 0 Å². The fraction of sp³-hybridized carbons (Fsp3) is 0. The molecule has 0 saturated carbocycles. The highest BCUT2D eigenvalue weighted by atomic mass is 32.1. The summed E-state index contributed by atoms with van der Waals surface area (Å²) >= 11 is 1.88. The lowest BCUT2D eigenvalue weighted by Gasteiger charge is -2.18. The molecule has 10 rings (SSSR count). The van der Waals surface area contributed by atoms with Crippen molar-refractivity contribution in [3.63, 3.8) is 0 Å². The molecular formula is C46H28S. The number of hydrogen-bond donors (Lipinski definition) is 0. The SMILES string of the molecule is c1cc(-c2ccc3sc4ccc5ccccc5c4c3c2)cc(-c2c3ccccc3c(-c3ccc4ccccc4c3)c3ccccc23)c1. The van der Waals surface area contributed by atoms with Crippen LogP contribution in [0.15, 0.2) is 170 Å². The molecule has 0 fully saturated rings. The van der Waals surface area contributed by atoms with Crippen molar-refractivity contribution >= 4 is 74.6 Å². The molecule has 0 aliphatic heterocycles. The van der Waals surface area contributed by atoms with Crippen LogP contribution in [0.25, 0.3) is 96.6 Å². The van der Waals surface area contributed by atoms with Gasteiger partial charge in [-0.3, -0.25) is 0 Å². The zero-order chi connectivity index (χ0) is 30.9. The van der Waals surface area contributed by atoms with E-state index in [1.54, 1.807) is 0 Å². The van der Waals surface area contributed by atoms with E-state index in [1.165, 1.54) is 96.6 Å². The maximum absolute atomic E-state index is 2.40. The number of rotatable bonds is 3. The Balaban J connectivity index is 1.20. The highest BCUT2D eigenvalue weighted by Crippen LogP contribution is 2.45. The molecule has 47 heavy (non-hydrogen) atoms. The van der Waals surface area contributed by atoms with Crippen molar-refractivity contribution in [1.82, 2.24) is 0 Å². The van der Waals surface area contributed by atoms with Crippen molar-refractivity contribution in [2.24, 2.45) is 0 Å². The third kappa shape index (κ3) is 4.14. The van der Waals surface area contributed by atoms with Crippen LogP contribution in [0, 0.1) is 0 Å². The summed E-state index contributed by atoms with van der Waals surface area (Å²) in [5.41, 5.74) is 7.55. The van der Waals surface area contributed by atoms with Crippen molar-refractivity contribution in [2.45, 2.75) is 0 Å². The first kappa shape index (κ1) is 26.5. The molecule has 1 heterocycles. The summed E-state index contributed by atoms with van der Waals surface area (Å²) in [5.74, 6) is 0. The van der Waals surface area contributed by atoms with Crippen LogP contribution < -0.4 is 0 Å².